The predicted molar refractivity (Wildman–Crippen MR) is 82.1 cm³/mol. The Labute approximate surface area is 138 Å². The molecule has 128 valence electrons. The second kappa shape index (κ2) is 9.25. The zero-order chi connectivity index (χ0) is 18.1. The smallest absolute Gasteiger partial charge is 0.326 e. The lowest BCUT2D eigenvalue weighted by molar-refractivity contribution is -0.142. The average Bonchev–Trinajstić information content (AvgIpc) is 2.52. The van der Waals surface area contributed by atoms with Crippen molar-refractivity contribution in [2.75, 3.05) is 0 Å². The summed E-state index contributed by atoms with van der Waals surface area (Å²) < 4.78 is 12.9. The van der Waals surface area contributed by atoms with Crippen molar-refractivity contribution in [2.24, 2.45) is 0 Å². The Morgan fingerprint density at radius 3 is 2.33 bits per heavy atom. The van der Waals surface area contributed by atoms with Crippen LogP contribution in [0.5, 0.6) is 0 Å². The highest BCUT2D eigenvalue weighted by atomic mass is 19.1. The fourth-order valence-electron chi connectivity index (χ4n) is 2.05. The van der Waals surface area contributed by atoms with Gasteiger partial charge in [0.25, 0.3) is 0 Å². The molecule has 0 spiro atoms. The Balaban J connectivity index is 2.83. The Morgan fingerprint density at radius 1 is 1.21 bits per heavy atom. The molecule has 7 nitrogen and oxygen atoms in total. The van der Waals surface area contributed by atoms with Crippen LogP contribution in [0, 0.1) is 17.1 Å². The van der Waals surface area contributed by atoms with Crippen molar-refractivity contribution >= 4 is 17.8 Å². The maximum atomic E-state index is 12.9. The number of carboxylic acids is 1. The standard InChI is InChI=1S/C16H18FN3O4/c1-10(21)19-14(9-11-4-6-12(17)7-5-11)15(22)20-13(16(23)24)3-2-8-18/h4-7,13-14H,2-3,9H2,1H3,(H,19,21)(H,20,22)(H,23,24)/t13-,14-/m0/s1. The van der Waals surface area contributed by atoms with Crippen molar-refractivity contribution in [3.63, 3.8) is 0 Å². The van der Waals surface area contributed by atoms with Crippen LogP contribution in [0.1, 0.15) is 25.3 Å². The SMILES string of the molecule is CC(=O)N[C@@H](Cc1ccc(F)cc1)C(=O)N[C@@H](CCC#N)C(=O)O. The Kier molecular flexibility index (Phi) is 7.36. The molecule has 1 rings (SSSR count). The summed E-state index contributed by atoms with van der Waals surface area (Å²) in [5.41, 5.74) is 0.606. The minimum Gasteiger partial charge on any atom is -0.480 e. The van der Waals surface area contributed by atoms with Crippen LogP contribution in [0.2, 0.25) is 0 Å². The number of carbonyl (C=O) groups is 3. The molecule has 0 aliphatic heterocycles. The molecule has 2 atom stereocenters. The van der Waals surface area contributed by atoms with E-state index in [0.717, 1.165) is 0 Å². The van der Waals surface area contributed by atoms with Gasteiger partial charge in [0, 0.05) is 19.8 Å². The van der Waals surface area contributed by atoms with E-state index in [2.05, 4.69) is 10.6 Å². The van der Waals surface area contributed by atoms with Crippen LogP contribution in [0.15, 0.2) is 24.3 Å². The number of rotatable bonds is 8. The number of hydrogen-bond acceptors (Lipinski definition) is 4. The lowest BCUT2D eigenvalue weighted by Crippen LogP contribution is -2.52. The lowest BCUT2D eigenvalue weighted by atomic mass is 10.0. The van der Waals surface area contributed by atoms with E-state index in [1.165, 1.54) is 31.2 Å². The molecule has 0 unspecified atom stereocenters. The summed E-state index contributed by atoms with van der Waals surface area (Å²) in [6, 6.07) is 4.99. The molecule has 0 bridgehead atoms. The van der Waals surface area contributed by atoms with Gasteiger partial charge in [0.2, 0.25) is 11.8 Å². The van der Waals surface area contributed by atoms with Crippen molar-refractivity contribution in [1.29, 1.82) is 5.26 Å². The topological polar surface area (TPSA) is 119 Å². The third-order valence-corrected chi connectivity index (χ3v) is 3.21. The molecule has 3 N–H and O–H groups in total. The molecule has 0 aliphatic rings. The van der Waals surface area contributed by atoms with E-state index in [9.17, 15) is 18.8 Å². The van der Waals surface area contributed by atoms with Gasteiger partial charge in [0.15, 0.2) is 0 Å². The molecule has 1 aromatic rings. The van der Waals surface area contributed by atoms with Crippen LogP contribution in [0.25, 0.3) is 0 Å². The number of halogens is 1. The lowest BCUT2D eigenvalue weighted by Gasteiger charge is -2.20. The van der Waals surface area contributed by atoms with Crippen molar-refractivity contribution in [3.05, 3.63) is 35.6 Å². The Hall–Kier alpha value is -2.95. The number of nitrogens with one attached hydrogen (secondary N) is 2. The van der Waals surface area contributed by atoms with E-state index in [-0.39, 0.29) is 19.3 Å². The van der Waals surface area contributed by atoms with E-state index in [0.29, 0.717) is 5.56 Å². The van der Waals surface area contributed by atoms with Crippen LogP contribution in [0.3, 0.4) is 0 Å². The molecule has 0 aliphatic carbocycles. The summed E-state index contributed by atoms with van der Waals surface area (Å²) in [4.78, 5) is 34.7. The molecule has 0 fully saturated rings. The predicted octanol–water partition coefficient (Wildman–Crippen LogP) is 0.746. The highest BCUT2D eigenvalue weighted by molar-refractivity contribution is 5.90. The number of nitrogens with zero attached hydrogens (tertiary/aromatic N) is 1. The highest BCUT2D eigenvalue weighted by Gasteiger charge is 2.25. The fraction of sp³-hybridized carbons (Fsp3) is 0.375. The fourth-order valence-corrected chi connectivity index (χ4v) is 2.05. The van der Waals surface area contributed by atoms with E-state index in [4.69, 9.17) is 10.4 Å². The summed E-state index contributed by atoms with van der Waals surface area (Å²) in [6.07, 6.45) is 0.0111. The van der Waals surface area contributed by atoms with Crippen molar-refractivity contribution < 1.29 is 23.9 Å². The molecule has 2 amide bonds. The number of aliphatic carboxylic acids is 1. The molecule has 8 heteroatoms. The first-order valence-electron chi connectivity index (χ1n) is 7.25. The van der Waals surface area contributed by atoms with Crippen molar-refractivity contribution in [3.8, 4) is 6.07 Å². The third kappa shape index (κ3) is 6.44. The first-order valence-corrected chi connectivity index (χ1v) is 7.25. The molecule has 0 heterocycles. The first kappa shape index (κ1) is 19.1. The van der Waals surface area contributed by atoms with E-state index < -0.39 is 35.7 Å². The van der Waals surface area contributed by atoms with Gasteiger partial charge in [-0.05, 0) is 24.1 Å². The summed E-state index contributed by atoms with van der Waals surface area (Å²) in [5, 5.41) is 22.4. The molecule has 1 aromatic carbocycles. The normalized spacial score (nSPS) is 12.5. The van der Waals surface area contributed by atoms with E-state index in [1.54, 1.807) is 0 Å². The Morgan fingerprint density at radius 2 is 1.83 bits per heavy atom. The molecule has 0 aromatic heterocycles. The Bertz CT molecular complexity index is 640. The number of carboxylic acid groups (broad SMARTS) is 1. The van der Waals surface area contributed by atoms with Crippen molar-refractivity contribution in [2.45, 2.75) is 38.3 Å². The largest absolute Gasteiger partial charge is 0.480 e. The summed E-state index contributed by atoms with van der Waals surface area (Å²) in [6.45, 7) is 1.23. The molecule has 0 radical (unpaired) electrons. The minimum atomic E-state index is -1.26. The van der Waals surface area contributed by atoms with Gasteiger partial charge in [0.05, 0.1) is 6.07 Å². The molecular weight excluding hydrogens is 317 g/mol. The minimum absolute atomic E-state index is 0.0278. The maximum absolute atomic E-state index is 12.9. The van der Waals surface area contributed by atoms with Gasteiger partial charge in [-0.25, -0.2) is 9.18 Å². The summed E-state index contributed by atoms with van der Waals surface area (Å²) >= 11 is 0. The van der Waals surface area contributed by atoms with Crippen LogP contribution < -0.4 is 10.6 Å². The van der Waals surface area contributed by atoms with Gasteiger partial charge in [0.1, 0.15) is 17.9 Å². The first-order chi connectivity index (χ1) is 11.3. The summed E-state index contributed by atoms with van der Waals surface area (Å²) in [7, 11) is 0. The molecule has 0 saturated heterocycles. The monoisotopic (exact) mass is 335 g/mol. The van der Waals surface area contributed by atoms with E-state index in [1.807, 2.05) is 6.07 Å². The highest BCUT2D eigenvalue weighted by Crippen LogP contribution is 2.07. The van der Waals surface area contributed by atoms with Gasteiger partial charge in [-0.15, -0.1) is 0 Å². The van der Waals surface area contributed by atoms with Crippen LogP contribution >= 0.6 is 0 Å². The van der Waals surface area contributed by atoms with Gasteiger partial charge in [-0.3, -0.25) is 9.59 Å². The van der Waals surface area contributed by atoms with Gasteiger partial charge in [-0.2, -0.15) is 5.26 Å². The zero-order valence-electron chi connectivity index (χ0n) is 13.1. The number of carbonyl (C=O) groups excluding carboxylic acids is 2. The van der Waals surface area contributed by atoms with Crippen LogP contribution in [0.4, 0.5) is 4.39 Å². The van der Waals surface area contributed by atoms with Gasteiger partial charge >= 0.3 is 5.97 Å². The van der Waals surface area contributed by atoms with Crippen LogP contribution in [-0.2, 0) is 20.8 Å². The molecular formula is C16H18FN3O4. The van der Waals surface area contributed by atoms with E-state index >= 15 is 0 Å². The maximum Gasteiger partial charge on any atom is 0.326 e. The van der Waals surface area contributed by atoms with Crippen molar-refractivity contribution in [1.82, 2.24) is 10.6 Å². The number of hydrogen-bond donors (Lipinski definition) is 3. The second-order valence-electron chi connectivity index (χ2n) is 5.18. The quantitative estimate of drug-likeness (QED) is 0.647. The molecule has 24 heavy (non-hydrogen) atoms. The van der Waals surface area contributed by atoms with Crippen LogP contribution in [-0.4, -0.2) is 35.0 Å². The summed E-state index contributed by atoms with van der Waals surface area (Å²) in [5.74, 6) is -2.83. The van der Waals surface area contributed by atoms with Gasteiger partial charge < -0.3 is 15.7 Å². The third-order valence-electron chi connectivity index (χ3n) is 3.21. The molecule has 0 saturated carbocycles. The number of amides is 2. The zero-order valence-corrected chi connectivity index (χ0v) is 13.1. The second-order valence-corrected chi connectivity index (χ2v) is 5.18. The number of benzene rings is 1. The average molecular weight is 335 g/mol. The number of nitriles is 1. The van der Waals surface area contributed by atoms with Gasteiger partial charge in [-0.1, -0.05) is 12.1 Å².